The van der Waals surface area contributed by atoms with Gasteiger partial charge in [-0.3, -0.25) is 4.79 Å². The predicted octanol–water partition coefficient (Wildman–Crippen LogP) is 3.40. The highest BCUT2D eigenvalue weighted by Gasteiger charge is 2.14. The minimum absolute atomic E-state index is 0.0737. The Morgan fingerprint density at radius 2 is 1.67 bits per heavy atom. The first kappa shape index (κ1) is 15.1. The molecule has 0 heterocycles. The van der Waals surface area contributed by atoms with E-state index in [2.05, 4.69) is 32.0 Å². The van der Waals surface area contributed by atoms with Gasteiger partial charge in [0.05, 0.1) is 6.54 Å². The summed E-state index contributed by atoms with van der Waals surface area (Å²) in [6.07, 6.45) is 0. The van der Waals surface area contributed by atoms with Crippen LogP contribution in [-0.2, 0) is 4.79 Å². The number of para-hydroxylation sites is 1. The van der Waals surface area contributed by atoms with Gasteiger partial charge in [0.1, 0.15) is 0 Å². The first-order valence-corrected chi connectivity index (χ1v) is 7.09. The standard InChI is InChI=1S/C18H22N2O/c1-14-10-11-15(2)17(12-14)19(3)13-18(21)20(4)16-8-6-5-7-9-16/h5-12H,13H2,1-4H3. The van der Waals surface area contributed by atoms with Crippen molar-refractivity contribution in [2.24, 2.45) is 0 Å². The molecule has 0 saturated carbocycles. The molecule has 2 aromatic carbocycles. The van der Waals surface area contributed by atoms with Crippen molar-refractivity contribution in [2.45, 2.75) is 13.8 Å². The van der Waals surface area contributed by atoms with Gasteiger partial charge in [-0.1, -0.05) is 30.3 Å². The van der Waals surface area contributed by atoms with Gasteiger partial charge in [0.2, 0.25) is 5.91 Å². The molecular weight excluding hydrogens is 260 g/mol. The monoisotopic (exact) mass is 282 g/mol. The number of hydrogen-bond acceptors (Lipinski definition) is 2. The third-order valence-electron chi connectivity index (χ3n) is 3.67. The normalized spacial score (nSPS) is 10.3. The molecule has 0 atom stereocenters. The second-order valence-electron chi connectivity index (χ2n) is 5.43. The molecule has 0 unspecified atom stereocenters. The fourth-order valence-electron chi connectivity index (χ4n) is 2.32. The molecule has 0 aliphatic carbocycles. The van der Waals surface area contributed by atoms with E-state index in [1.807, 2.05) is 49.3 Å². The molecule has 0 aliphatic rings. The number of anilines is 2. The summed E-state index contributed by atoms with van der Waals surface area (Å²) in [6.45, 7) is 4.49. The second kappa shape index (κ2) is 6.44. The molecule has 0 N–H and O–H groups in total. The molecule has 2 rings (SSSR count). The Balaban J connectivity index is 2.10. The number of aryl methyl sites for hydroxylation is 2. The number of likely N-dealkylation sites (N-methyl/N-ethyl adjacent to an activating group) is 2. The molecule has 1 amide bonds. The summed E-state index contributed by atoms with van der Waals surface area (Å²) in [7, 11) is 3.77. The van der Waals surface area contributed by atoms with E-state index in [1.54, 1.807) is 4.90 Å². The van der Waals surface area contributed by atoms with Crippen molar-refractivity contribution >= 4 is 17.3 Å². The Morgan fingerprint density at radius 3 is 2.33 bits per heavy atom. The average Bonchev–Trinajstić information content (AvgIpc) is 2.49. The van der Waals surface area contributed by atoms with E-state index < -0.39 is 0 Å². The number of rotatable bonds is 4. The fourth-order valence-corrected chi connectivity index (χ4v) is 2.32. The van der Waals surface area contributed by atoms with Crippen LogP contribution >= 0.6 is 0 Å². The minimum Gasteiger partial charge on any atom is -0.365 e. The van der Waals surface area contributed by atoms with E-state index in [1.165, 1.54) is 11.1 Å². The Hall–Kier alpha value is -2.29. The fraction of sp³-hybridized carbons (Fsp3) is 0.278. The molecular formula is C18H22N2O. The molecule has 3 nitrogen and oxygen atoms in total. The maximum Gasteiger partial charge on any atom is 0.246 e. The van der Waals surface area contributed by atoms with Crippen LogP contribution in [0.5, 0.6) is 0 Å². The summed E-state index contributed by atoms with van der Waals surface area (Å²) in [4.78, 5) is 16.1. The number of carbonyl (C=O) groups excluding carboxylic acids is 1. The van der Waals surface area contributed by atoms with Crippen LogP contribution in [0.15, 0.2) is 48.5 Å². The van der Waals surface area contributed by atoms with E-state index >= 15 is 0 Å². The van der Waals surface area contributed by atoms with Crippen molar-refractivity contribution in [3.05, 3.63) is 59.7 Å². The van der Waals surface area contributed by atoms with Gasteiger partial charge in [-0.15, -0.1) is 0 Å². The van der Waals surface area contributed by atoms with Crippen molar-refractivity contribution in [1.29, 1.82) is 0 Å². The summed E-state index contributed by atoms with van der Waals surface area (Å²) >= 11 is 0. The van der Waals surface area contributed by atoms with E-state index in [0.29, 0.717) is 6.54 Å². The van der Waals surface area contributed by atoms with Crippen LogP contribution < -0.4 is 9.80 Å². The second-order valence-corrected chi connectivity index (χ2v) is 5.43. The highest BCUT2D eigenvalue weighted by atomic mass is 16.2. The summed E-state index contributed by atoms with van der Waals surface area (Å²) in [5.74, 6) is 0.0737. The van der Waals surface area contributed by atoms with Gasteiger partial charge in [0, 0.05) is 25.5 Å². The van der Waals surface area contributed by atoms with Crippen LogP contribution in [0, 0.1) is 13.8 Å². The predicted molar refractivity (Wildman–Crippen MR) is 89.0 cm³/mol. The van der Waals surface area contributed by atoms with Crippen LogP contribution in [0.4, 0.5) is 11.4 Å². The molecule has 0 saturated heterocycles. The van der Waals surface area contributed by atoms with Crippen LogP contribution in [-0.4, -0.2) is 26.5 Å². The van der Waals surface area contributed by atoms with Gasteiger partial charge >= 0.3 is 0 Å². The number of carbonyl (C=O) groups is 1. The van der Waals surface area contributed by atoms with Gasteiger partial charge < -0.3 is 9.80 Å². The zero-order chi connectivity index (χ0) is 15.4. The first-order chi connectivity index (χ1) is 9.99. The molecule has 0 bridgehead atoms. The average molecular weight is 282 g/mol. The zero-order valence-electron chi connectivity index (χ0n) is 13.1. The Bertz CT molecular complexity index is 622. The van der Waals surface area contributed by atoms with E-state index in [9.17, 15) is 4.79 Å². The largest absolute Gasteiger partial charge is 0.365 e. The zero-order valence-corrected chi connectivity index (χ0v) is 13.1. The topological polar surface area (TPSA) is 23.6 Å². The number of nitrogens with zero attached hydrogens (tertiary/aromatic N) is 2. The molecule has 0 spiro atoms. The summed E-state index contributed by atoms with van der Waals surface area (Å²) in [5.41, 5.74) is 4.39. The third-order valence-corrected chi connectivity index (χ3v) is 3.67. The van der Waals surface area contributed by atoms with Gasteiger partial charge in [-0.2, -0.15) is 0 Å². The number of amides is 1. The van der Waals surface area contributed by atoms with Crippen LogP contribution in [0.25, 0.3) is 0 Å². The molecule has 0 aliphatic heterocycles. The summed E-state index contributed by atoms with van der Waals surface area (Å²) in [5, 5.41) is 0. The molecule has 110 valence electrons. The van der Waals surface area contributed by atoms with Gasteiger partial charge in [0.25, 0.3) is 0 Å². The van der Waals surface area contributed by atoms with Crippen LogP contribution in [0.3, 0.4) is 0 Å². The van der Waals surface area contributed by atoms with Crippen molar-refractivity contribution < 1.29 is 4.79 Å². The lowest BCUT2D eigenvalue weighted by molar-refractivity contribution is -0.117. The van der Waals surface area contributed by atoms with Gasteiger partial charge in [0.15, 0.2) is 0 Å². The quantitative estimate of drug-likeness (QED) is 0.858. The van der Waals surface area contributed by atoms with E-state index in [-0.39, 0.29) is 5.91 Å². The maximum absolute atomic E-state index is 12.4. The molecule has 2 aromatic rings. The third kappa shape index (κ3) is 3.63. The molecule has 0 aromatic heterocycles. The first-order valence-electron chi connectivity index (χ1n) is 7.09. The Kier molecular flexibility index (Phi) is 4.63. The Morgan fingerprint density at radius 1 is 1.00 bits per heavy atom. The van der Waals surface area contributed by atoms with Crippen molar-refractivity contribution in [2.75, 3.05) is 30.4 Å². The van der Waals surface area contributed by atoms with Crippen molar-refractivity contribution in [1.82, 2.24) is 0 Å². The SMILES string of the molecule is Cc1ccc(C)c(N(C)CC(=O)N(C)c2ccccc2)c1. The van der Waals surface area contributed by atoms with Gasteiger partial charge in [-0.05, 0) is 43.2 Å². The number of hydrogen-bond donors (Lipinski definition) is 0. The highest BCUT2D eigenvalue weighted by molar-refractivity contribution is 5.95. The molecule has 0 fully saturated rings. The maximum atomic E-state index is 12.4. The van der Waals surface area contributed by atoms with Crippen molar-refractivity contribution in [3.63, 3.8) is 0 Å². The lowest BCUT2D eigenvalue weighted by Crippen LogP contribution is -2.36. The Labute approximate surface area is 126 Å². The van der Waals surface area contributed by atoms with Gasteiger partial charge in [-0.25, -0.2) is 0 Å². The molecule has 3 heteroatoms. The van der Waals surface area contributed by atoms with Crippen molar-refractivity contribution in [3.8, 4) is 0 Å². The minimum atomic E-state index is 0.0737. The van der Waals surface area contributed by atoms with Crippen LogP contribution in [0.2, 0.25) is 0 Å². The lowest BCUT2D eigenvalue weighted by Gasteiger charge is -2.25. The summed E-state index contributed by atoms with van der Waals surface area (Å²) in [6, 6.07) is 16.0. The molecule has 0 radical (unpaired) electrons. The van der Waals surface area contributed by atoms with E-state index in [0.717, 1.165) is 11.4 Å². The smallest absolute Gasteiger partial charge is 0.246 e. The lowest BCUT2D eigenvalue weighted by atomic mass is 10.1. The van der Waals surface area contributed by atoms with Crippen LogP contribution in [0.1, 0.15) is 11.1 Å². The molecule has 21 heavy (non-hydrogen) atoms. The summed E-state index contributed by atoms with van der Waals surface area (Å²) < 4.78 is 0. The highest BCUT2D eigenvalue weighted by Crippen LogP contribution is 2.20. The number of benzene rings is 2. The van der Waals surface area contributed by atoms with E-state index in [4.69, 9.17) is 0 Å².